The van der Waals surface area contributed by atoms with Crippen molar-refractivity contribution >= 4 is 49.0 Å². The average molecular weight is 515 g/mol. The number of nitrogens with one attached hydrogen (secondary N) is 2. The molecular formula is C23H19BrN2O5S. The van der Waals surface area contributed by atoms with Crippen LogP contribution >= 0.6 is 15.9 Å². The molecule has 1 heterocycles. The van der Waals surface area contributed by atoms with Gasteiger partial charge in [-0.2, -0.15) is 0 Å². The molecule has 3 aromatic rings. The van der Waals surface area contributed by atoms with Crippen LogP contribution in [0.25, 0.3) is 0 Å². The van der Waals surface area contributed by atoms with E-state index in [0.717, 1.165) is 5.56 Å². The van der Waals surface area contributed by atoms with Crippen molar-refractivity contribution in [3.63, 3.8) is 0 Å². The zero-order valence-corrected chi connectivity index (χ0v) is 19.3. The van der Waals surface area contributed by atoms with Gasteiger partial charge in [-0.15, -0.1) is 0 Å². The Bertz CT molecular complexity index is 1340. The molecule has 9 heteroatoms. The normalized spacial score (nSPS) is 17.5. The first-order chi connectivity index (χ1) is 15.1. The molecule has 32 heavy (non-hydrogen) atoms. The number of sulfonamides is 1. The predicted molar refractivity (Wildman–Crippen MR) is 124 cm³/mol. The molecule has 0 aromatic heterocycles. The first kappa shape index (κ1) is 22.2. The number of halogens is 1. The van der Waals surface area contributed by atoms with Crippen molar-refractivity contribution in [2.45, 2.75) is 23.8 Å². The summed E-state index contributed by atoms with van der Waals surface area (Å²) >= 11 is 3.31. The number of aryl methyl sites for hydroxylation is 1. The Balaban J connectivity index is 1.58. The highest BCUT2D eigenvalue weighted by Gasteiger charge is 2.46. The molecule has 1 amide bonds. The summed E-state index contributed by atoms with van der Waals surface area (Å²) in [7, 11) is -3.84. The number of ketones is 1. The van der Waals surface area contributed by atoms with E-state index < -0.39 is 33.7 Å². The zero-order chi connectivity index (χ0) is 23.1. The minimum Gasteiger partial charge on any atom is -0.375 e. The SMILES string of the molecule is Cc1ccc(S(=O)(=O)Nc2cccc(C(=O)C[C@]3(O)C(=O)Nc4ccc(Br)cc43)c2)cc1. The van der Waals surface area contributed by atoms with Gasteiger partial charge in [0.1, 0.15) is 0 Å². The van der Waals surface area contributed by atoms with Gasteiger partial charge in [-0.25, -0.2) is 8.42 Å². The number of hydrogen-bond donors (Lipinski definition) is 3. The van der Waals surface area contributed by atoms with Crippen LogP contribution in [0.1, 0.15) is 27.9 Å². The second-order valence-electron chi connectivity index (χ2n) is 7.60. The molecule has 1 aliphatic heterocycles. The van der Waals surface area contributed by atoms with Crippen LogP contribution in [0.5, 0.6) is 0 Å². The highest BCUT2D eigenvalue weighted by molar-refractivity contribution is 9.10. The minimum atomic E-state index is -3.84. The molecule has 1 aliphatic rings. The summed E-state index contributed by atoms with van der Waals surface area (Å²) in [6, 6.07) is 17.3. The molecule has 0 radical (unpaired) electrons. The number of anilines is 2. The largest absolute Gasteiger partial charge is 0.375 e. The topological polar surface area (TPSA) is 113 Å². The van der Waals surface area contributed by atoms with Gasteiger partial charge in [0.15, 0.2) is 11.4 Å². The molecule has 3 N–H and O–H groups in total. The van der Waals surface area contributed by atoms with E-state index in [9.17, 15) is 23.1 Å². The summed E-state index contributed by atoms with van der Waals surface area (Å²) in [5, 5.41) is 13.6. The lowest BCUT2D eigenvalue weighted by Gasteiger charge is -2.20. The van der Waals surface area contributed by atoms with Gasteiger partial charge in [-0.3, -0.25) is 14.3 Å². The summed E-state index contributed by atoms with van der Waals surface area (Å²) in [4.78, 5) is 25.5. The van der Waals surface area contributed by atoms with E-state index in [0.29, 0.717) is 15.7 Å². The lowest BCUT2D eigenvalue weighted by Crippen LogP contribution is -2.36. The van der Waals surface area contributed by atoms with Crippen LogP contribution in [0.4, 0.5) is 11.4 Å². The molecule has 0 saturated heterocycles. The number of aliphatic hydroxyl groups is 1. The Hall–Kier alpha value is -3.01. The van der Waals surface area contributed by atoms with E-state index in [1.54, 1.807) is 30.3 Å². The van der Waals surface area contributed by atoms with Crippen molar-refractivity contribution in [2.24, 2.45) is 0 Å². The molecule has 1 atom stereocenters. The standard InChI is InChI=1S/C23H19BrN2O5S/c1-14-5-8-18(9-6-14)32(30,31)26-17-4-2-3-15(11-17)21(27)13-23(29)19-12-16(24)7-10-20(19)25-22(23)28/h2-12,26,29H,13H2,1H3,(H,25,28)/t23-/m1/s1. The van der Waals surface area contributed by atoms with Crippen LogP contribution in [-0.2, 0) is 20.4 Å². The lowest BCUT2D eigenvalue weighted by atomic mass is 9.88. The summed E-state index contributed by atoms with van der Waals surface area (Å²) in [6.07, 6.45) is -0.490. The second kappa shape index (κ2) is 8.16. The van der Waals surface area contributed by atoms with Gasteiger partial charge >= 0.3 is 0 Å². The van der Waals surface area contributed by atoms with Gasteiger partial charge in [0.05, 0.1) is 11.3 Å². The van der Waals surface area contributed by atoms with Gasteiger partial charge in [-0.1, -0.05) is 45.8 Å². The number of carbonyl (C=O) groups excluding carboxylic acids is 2. The monoisotopic (exact) mass is 514 g/mol. The Morgan fingerprint density at radius 2 is 1.81 bits per heavy atom. The van der Waals surface area contributed by atoms with Crippen LogP contribution in [0, 0.1) is 6.92 Å². The van der Waals surface area contributed by atoms with Crippen LogP contribution in [-0.4, -0.2) is 25.2 Å². The van der Waals surface area contributed by atoms with E-state index in [-0.39, 0.29) is 16.1 Å². The summed E-state index contributed by atoms with van der Waals surface area (Å²) in [5.41, 5.74) is 0.0166. The number of rotatable bonds is 6. The predicted octanol–water partition coefficient (Wildman–Crippen LogP) is 3.97. The lowest BCUT2D eigenvalue weighted by molar-refractivity contribution is -0.133. The van der Waals surface area contributed by atoms with Crippen molar-refractivity contribution in [2.75, 3.05) is 10.0 Å². The zero-order valence-electron chi connectivity index (χ0n) is 16.9. The van der Waals surface area contributed by atoms with Gasteiger partial charge in [0.25, 0.3) is 15.9 Å². The fourth-order valence-corrected chi connectivity index (χ4v) is 4.92. The Morgan fingerprint density at radius 1 is 1.09 bits per heavy atom. The van der Waals surface area contributed by atoms with Crippen molar-refractivity contribution < 1.29 is 23.1 Å². The average Bonchev–Trinajstić information content (AvgIpc) is 2.98. The second-order valence-corrected chi connectivity index (χ2v) is 10.2. The van der Waals surface area contributed by atoms with E-state index >= 15 is 0 Å². The van der Waals surface area contributed by atoms with Crippen molar-refractivity contribution in [3.05, 3.63) is 87.9 Å². The first-order valence-corrected chi connectivity index (χ1v) is 11.9. The van der Waals surface area contributed by atoms with Gasteiger partial charge in [-0.05, 0) is 49.4 Å². The van der Waals surface area contributed by atoms with E-state index in [1.165, 1.54) is 36.4 Å². The molecule has 0 bridgehead atoms. The number of hydrogen-bond acceptors (Lipinski definition) is 5. The van der Waals surface area contributed by atoms with Crippen LogP contribution in [0.15, 0.2) is 76.1 Å². The maximum Gasteiger partial charge on any atom is 0.261 e. The molecule has 0 saturated carbocycles. The Kier molecular flexibility index (Phi) is 5.66. The van der Waals surface area contributed by atoms with E-state index in [4.69, 9.17) is 0 Å². The molecule has 0 fully saturated rings. The van der Waals surface area contributed by atoms with Crippen LogP contribution < -0.4 is 10.0 Å². The van der Waals surface area contributed by atoms with Crippen LogP contribution in [0.2, 0.25) is 0 Å². The highest BCUT2D eigenvalue weighted by Crippen LogP contribution is 2.40. The van der Waals surface area contributed by atoms with Crippen molar-refractivity contribution in [1.82, 2.24) is 0 Å². The van der Waals surface area contributed by atoms with Gasteiger partial charge in [0, 0.05) is 27.0 Å². The molecule has 164 valence electrons. The van der Waals surface area contributed by atoms with Gasteiger partial charge in [0.2, 0.25) is 0 Å². The number of fused-ring (bicyclic) bond motifs is 1. The molecular weight excluding hydrogens is 496 g/mol. The Labute approximate surface area is 193 Å². The van der Waals surface area contributed by atoms with Crippen molar-refractivity contribution in [3.8, 4) is 0 Å². The fraction of sp³-hybridized carbons (Fsp3) is 0.130. The number of benzene rings is 3. The number of carbonyl (C=O) groups is 2. The quantitative estimate of drug-likeness (QED) is 0.430. The van der Waals surface area contributed by atoms with E-state index in [2.05, 4.69) is 26.0 Å². The Morgan fingerprint density at radius 3 is 2.53 bits per heavy atom. The van der Waals surface area contributed by atoms with Crippen LogP contribution in [0.3, 0.4) is 0 Å². The molecule has 0 aliphatic carbocycles. The number of amides is 1. The highest BCUT2D eigenvalue weighted by atomic mass is 79.9. The first-order valence-electron chi connectivity index (χ1n) is 9.65. The number of Topliss-reactive ketones (excluding diaryl/α,β-unsaturated/α-hetero) is 1. The minimum absolute atomic E-state index is 0.0963. The summed E-state index contributed by atoms with van der Waals surface area (Å²) in [5.74, 6) is -1.19. The third-order valence-corrected chi connectivity index (χ3v) is 7.13. The van der Waals surface area contributed by atoms with E-state index in [1.807, 2.05) is 6.92 Å². The molecule has 0 spiro atoms. The maximum absolute atomic E-state index is 12.9. The third kappa shape index (κ3) is 4.19. The molecule has 4 rings (SSSR count). The molecule has 0 unspecified atom stereocenters. The van der Waals surface area contributed by atoms with Crippen molar-refractivity contribution in [1.29, 1.82) is 0 Å². The third-order valence-electron chi connectivity index (χ3n) is 5.24. The maximum atomic E-state index is 12.9. The smallest absolute Gasteiger partial charge is 0.261 e. The summed E-state index contributed by atoms with van der Waals surface area (Å²) < 4.78 is 28.4. The molecule has 7 nitrogen and oxygen atoms in total. The summed E-state index contributed by atoms with van der Waals surface area (Å²) in [6.45, 7) is 1.86. The fourth-order valence-electron chi connectivity index (χ4n) is 3.51. The molecule has 3 aromatic carbocycles. The van der Waals surface area contributed by atoms with Gasteiger partial charge < -0.3 is 10.4 Å².